The molecule has 0 radical (unpaired) electrons. The normalized spacial score (nSPS) is 19.3. The van der Waals surface area contributed by atoms with Gasteiger partial charge in [-0.3, -0.25) is 4.79 Å². The monoisotopic (exact) mass is 404 g/mol. The third-order valence-corrected chi connectivity index (χ3v) is 4.68. The molecule has 0 amide bonds. The molecule has 0 saturated carbocycles. The lowest BCUT2D eigenvalue weighted by molar-refractivity contribution is -0.142. The van der Waals surface area contributed by atoms with Crippen LogP contribution in [-0.4, -0.2) is 59.5 Å². The predicted molar refractivity (Wildman–Crippen MR) is 104 cm³/mol. The summed E-state index contributed by atoms with van der Waals surface area (Å²) in [5.41, 5.74) is -0.382. The summed E-state index contributed by atoms with van der Waals surface area (Å²) in [7, 11) is 4.56. The van der Waals surface area contributed by atoms with E-state index in [1.165, 1.54) is 38.1 Å². The molecule has 2 heterocycles. The molecule has 29 heavy (non-hydrogen) atoms. The topological polar surface area (TPSA) is 150 Å². The van der Waals surface area contributed by atoms with Crippen molar-refractivity contribution in [3.8, 4) is 11.8 Å². The maximum atomic E-state index is 11.6. The van der Waals surface area contributed by atoms with Gasteiger partial charge in [-0.05, 0) is 24.3 Å². The number of aliphatic hydroxyl groups excluding tert-OH is 1. The second kappa shape index (κ2) is 9.02. The van der Waals surface area contributed by atoms with Crippen LogP contribution in [0.4, 0.5) is 5.82 Å². The number of nitriles is 1. The van der Waals surface area contributed by atoms with Gasteiger partial charge in [0.25, 0.3) is 5.56 Å². The van der Waals surface area contributed by atoms with Crippen molar-refractivity contribution in [1.29, 1.82) is 5.26 Å². The van der Waals surface area contributed by atoms with Crippen molar-refractivity contribution in [1.82, 2.24) is 9.78 Å². The molecule has 0 spiro atoms. The number of hydrogen-bond donors (Lipinski definition) is 2. The van der Waals surface area contributed by atoms with Crippen molar-refractivity contribution >= 4 is 5.82 Å². The Labute approximate surface area is 167 Å². The summed E-state index contributed by atoms with van der Waals surface area (Å²) in [6, 6.07) is 9.31. The largest absolute Gasteiger partial charge is 0.479 e. The number of benzene rings is 1. The number of methoxy groups -OCH3 is 2. The fourth-order valence-electron chi connectivity index (χ4n) is 3.36. The van der Waals surface area contributed by atoms with Crippen molar-refractivity contribution < 1.29 is 24.8 Å². The fourth-order valence-corrected chi connectivity index (χ4v) is 3.36. The highest BCUT2D eigenvalue weighted by Gasteiger charge is 2.50. The van der Waals surface area contributed by atoms with Crippen molar-refractivity contribution in [2.75, 3.05) is 32.8 Å². The highest BCUT2D eigenvalue weighted by molar-refractivity contribution is 5.50. The van der Waals surface area contributed by atoms with Crippen LogP contribution in [0.5, 0.6) is 5.75 Å². The van der Waals surface area contributed by atoms with Crippen molar-refractivity contribution in [3.63, 3.8) is 0 Å². The predicted octanol–water partition coefficient (Wildman–Crippen LogP) is -0.235. The molecule has 156 valence electrons. The van der Waals surface area contributed by atoms with Gasteiger partial charge < -0.3 is 30.1 Å². The molecule has 2 atom stereocenters. The first kappa shape index (κ1) is 22.3. The SMILES string of the molecule is COCC1(COC)Oc2ccc(C#N)cc2[C@@H](Nc2ccc(=O)n(C)n2)[C@@H]1O.O. The number of aliphatic hydroxyl groups is 1. The number of ether oxygens (including phenoxy) is 3. The minimum absolute atomic E-state index is 0. The highest BCUT2D eigenvalue weighted by Crippen LogP contribution is 2.42. The van der Waals surface area contributed by atoms with Crippen LogP contribution < -0.4 is 15.6 Å². The minimum Gasteiger partial charge on any atom is -0.479 e. The average molecular weight is 404 g/mol. The Hall–Kier alpha value is -2.97. The van der Waals surface area contributed by atoms with Gasteiger partial charge in [0.15, 0.2) is 5.60 Å². The maximum Gasteiger partial charge on any atom is 0.266 e. The lowest BCUT2D eigenvalue weighted by Gasteiger charge is -2.45. The highest BCUT2D eigenvalue weighted by atomic mass is 16.6. The van der Waals surface area contributed by atoms with E-state index in [4.69, 9.17) is 14.2 Å². The molecule has 0 unspecified atom stereocenters. The van der Waals surface area contributed by atoms with E-state index in [-0.39, 0.29) is 24.2 Å². The first-order chi connectivity index (χ1) is 13.4. The number of aromatic nitrogens is 2. The smallest absolute Gasteiger partial charge is 0.266 e. The molecule has 2 aromatic rings. The third kappa shape index (κ3) is 4.23. The van der Waals surface area contributed by atoms with Gasteiger partial charge >= 0.3 is 0 Å². The molecule has 4 N–H and O–H groups in total. The number of hydrogen-bond acceptors (Lipinski definition) is 8. The zero-order chi connectivity index (χ0) is 20.3. The van der Waals surface area contributed by atoms with E-state index >= 15 is 0 Å². The lowest BCUT2D eigenvalue weighted by Crippen LogP contribution is -2.60. The van der Waals surface area contributed by atoms with Crippen LogP contribution >= 0.6 is 0 Å². The molecule has 0 bridgehead atoms. The van der Waals surface area contributed by atoms with Gasteiger partial charge in [0.05, 0.1) is 30.9 Å². The molecule has 1 aromatic carbocycles. The number of nitrogens with one attached hydrogen (secondary N) is 1. The van der Waals surface area contributed by atoms with Crippen LogP contribution in [0.25, 0.3) is 0 Å². The third-order valence-electron chi connectivity index (χ3n) is 4.68. The summed E-state index contributed by atoms with van der Waals surface area (Å²) in [5.74, 6) is 0.894. The molecule has 0 saturated heterocycles. The first-order valence-corrected chi connectivity index (χ1v) is 8.64. The van der Waals surface area contributed by atoms with E-state index < -0.39 is 17.7 Å². The lowest BCUT2D eigenvalue weighted by atomic mass is 9.84. The van der Waals surface area contributed by atoms with Crippen LogP contribution in [0.3, 0.4) is 0 Å². The molecule has 1 aliphatic heterocycles. The van der Waals surface area contributed by atoms with Gasteiger partial charge in [-0.1, -0.05) is 0 Å². The van der Waals surface area contributed by atoms with Crippen LogP contribution in [-0.2, 0) is 16.5 Å². The van der Waals surface area contributed by atoms with Gasteiger partial charge in [0, 0.05) is 32.9 Å². The zero-order valence-electron chi connectivity index (χ0n) is 16.4. The van der Waals surface area contributed by atoms with Crippen molar-refractivity contribution in [3.05, 3.63) is 51.8 Å². The Morgan fingerprint density at radius 2 is 2.00 bits per heavy atom. The van der Waals surface area contributed by atoms with Gasteiger partial charge in [0.1, 0.15) is 17.7 Å². The summed E-state index contributed by atoms with van der Waals surface area (Å²) < 4.78 is 17.9. The van der Waals surface area contributed by atoms with E-state index in [2.05, 4.69) is 16.5 Å². The van der Waals surface area contributed by atoms with E-state index in [1.54, 1.807) is 18.2 Å². The average Bonchev–Trinajstić information content (AvgIpc) is 2.68. The Bertz CT molecular complexity index is 948. The van der Waals surface area contributed by atoms with Crippen LogP contribution in [0.1, 0.15) is 17.2 Å². The van der Waals surface area contributed by atoms with Gasteiger partial charge in [-0.2, -0.15) is 10.4 Å². The number of aryl methyl sites for hydroxylation is 1. The van der Waals surface area contributed by atoms with Crippen molar-refractivity contribution in [2.24, 2.45) is 7.05 Å². The summed E-state index contributed by atoms with van der Waals surface area (Å²) in [4.78, 5) is 11.6. The molecule has 1 aliphatic rings. The number of fused-ring (bicyclic) bond motifs is 1. The number of nitrogens with zero attached hydrogens (tertiary/aromatic N) is 3. The van der Waals surface area contributed by atoms with Crippen molar-refractivity contribution in [2.45, 2.75) is 17.7 Å². The zero-order valence-corrected chi connectivity index (χ0v) is 16.4. The molecule has 3 rings (SSSR count). The summed E-state index contributed by atoms with van der Waals surface area (Å²) in [5, 5.41) is 27.8. The molecule has 0 fully saturated rings. The summed E-state index contributed by atoms with van der Waals surface area (Å²) >= 11 is 0. The fraction of sp³-hybridized carbons (Fsp3) is 0.421. The van der Waals surface area contributed by atoms with Gasteiger partial charge in [0.2, 0.25) is 0 Å². The molecule has 1 aromatic heterocycles. The summed E-state index contributed by atoms with van der Waals surface area (Å²) in [6.07, 6.45) is -1.09. The minimum atomic E-state index is -1.16. The standard InChI is InChI=1S/C19H22N4O5.H2O/c1-23-16(24)7-6-15(22-23)21-17-13-8-12(9-20)4-5-14(13)28-19(10-26-2,11-27-3)18(17)25;/h4-8,17-18,25H,10-11H2,1-3H3,(H,21,22);1H2/t17-,18+;/m1./s1. The molecule has 10 nitrogen and oxygen atoms in total. The second-order valence-corrected chi connectivity index (χ2v) is 6.64. The van der Waals surface area contributed by atoms with E-state index in [0.29, 0.717) is 22.7 Å². The Balaban J connectivity index is 0.00000300. The maximum absolute atomic E-state index is 11.6. The number of rotatable bonds is 6. The van der Waals surface area contributed by atoms with E-state index in [9.17, 15) is 15.2 Å². The molecule has 0 aliphatic carbocycles. The van der Waals surface area contributed by atoms with Crippen LogP contribution in [0, 0.1) is 11.3 Å². The van der Waals surface area contributed by atoms with E-state index in [1.807, 2.05) is 0 Å². The Kier molecular flexibility index (Phi) is 6.94. The molecular weight excluding hydrogens is 380 g/mol. The van der Waals surface area contributed by atoms with Gasteiger partial charge in [-0.25, -0.2) is 4.68 Å². The molecular formula is C19H24N4O6. The first-order valence-electron chi connectivity index (χ1n) is 8.64. The Morgan fingerprint density at radius 1 is 1.31 bits per heavy atom. The van der Waals surface area contributed by atoms with Crippen LogP contribution in [0.2, 0.25) is 0 Å². The number of anilines is 1. The second-order valence-electron chi connectivity index (χ2n) is 6.64. The van der Waals surface area contributed by atoms with Gasteiger partial charge in [-0.15, -0.1) is 0 Å². The Morgan fingerprint density at radius 3 is 2.59 bits per heavy atom. The van der Waals surface area contributed by atoms with Crippen LogP contribution in [0.15, 0.2) is 35.1 Å². The van der Waals surface area contributed by atoms with E-state index in [0.717, 1.165) is 0 Å². The molecule has 10 heteroatoms. The quantitative estimate of drug-likeness (QED) is 0.670. The summed E-state index contributed by atoms with van der Waals surface area (Å²) in [6.45, 7) is 0.167.